The van der Waals surface area contributed by atoms with Gasteiger partial charge in [-0.1, -0.05) is 11.6 Å². The van der Waals surface area contributed by atoms with Crippen LogP contribution in [0, 0.1) is 0 Å². The van der Waals surface area contributed by atoms with Crippen LogP contribution in [0.4, 0.5) is 0 Å². The number of aromatic nitrogens is 4. The van der Waals surface area contributed by atoms with Crippen LogP contribution < -0.4 is 5.56 Å². The minimum absolute atomic E-state index is 0.0833. The summed E-state index contributed by atoms with van der Waals surface area (Å²) < 4.78 is 4.07. The quantitative estimate of drug-likeness (QED) is 0.728. The van der Waals surface area contributed by atoms with Crippen molar-refractivity contribution in [1.29, 1.82) is 0 Å². The fraction of sp³-hybridized carbons (Fsp3) is 0.357. The first-order valence-corrected chi connectivity index (χ1v) is 7.73. The Morgan fingerprint density at radius 1 is 1.33 bits per heavy atom. The standard InChI is InChI=1S/C14H15ClN4OS/c1-14(2,3)19-12-10(6-17-19)13(20)18(8-16-12)7-9-4-5-11(15)21-9/h4-6,8H,7H2,1-3H3. The highest BCUT2D eigenvalue weighted by atomic mass is 35.5. The van der Waals surface area contributed by atoms with E-state index in [-0.39, 0.29) is 11.1 Å². The van der Waals surface area contributed by atoms with E-state index in [0.29, 0.717) is 21.9 Å². The molecule has 0 N–H and O–H groups in total. The maximum Gasteiger partial charge on any atom is 0.264 e. The van der Waals surface area contributed by atoms with Crippen molar-refractivity contribution in [1.82, 2.24) is 19.3 Å². The van der Waals surface area contributed by atoms with E-state index in [1.807, 2.05) is 32.9 Å². The van der Waals surface area contributed by atoms with Crippen LogP contribution >= 0.6 is 22.9 Å². The van der Waals surface area contributed by atoms with Crippen molar-refractivity contribution in [3.8, 4) is 0 Å². The van der Waals surface area contributed by atoms with E-state index in [4.69, 9.17) is 11.6 Å². The molecule has 0 aliphatic heterocycles. The van der Waals surface area contributed by atoms with Crippen LogP contribution in [0.3, 0.4) is 0 Å². The zero-order chi connectivity index (χ0) is 15.2. The van der Waals surface area contributed by atoms with Gasteiger partial charge in [0.2, 0.25) is 0 Å². The summed E-state index contributed by atoms with van der Waals surface area (Å²) >= 11 is 7.38. The predicted molar refractivity (Wildman–Crippen MR) is 85.2 cm³/mol. The summed E-state index contributed by atoms with van der Waals surface area (Å²) in [6.45, 7) is 6.56. The molecular formula is C14H15ClN4OS. The Morgan fingerprint density at radius 3 is 2.71 bits per heavy atom. The summed E-state index contributed by atoms with van der Waals surface area (Å²) in [4.78, 5) is 17.9. The largest absolute Gasteiger partial charge is 0.293 e. The summed E-state index contributed by atoms with van der Waals surface area (Å²) in [6, 6.07) is 3.75. The predicted octanol–water partition coefficient (Wildman–Crippen LogP) is 3.11. The number of hydrogen-bond acceptors (Lipinski definition) is 4. The first-order chi connectivity index (χ1) is 9.86. The van der Waals surface area contributed by atoms with Crippen LogP contribution in [0.5, 0.6) is 0 Å². The van der Waals surface area contributed by atoms with Crippen molar-refractivity contribution in [2.75, 3.05) is 0 Å². The summed E-state index contributed by atoms with van der Waals surface area (Å²) in [5.74, 6) is 0. The highest BCUT2D eigenvalue weighted by Crippen LogP contribution is 2.22. The topological polar surface area (TPSA) is 52.7 Å². The number of thiophene rings is 1. The van der Waals surface area contributed by atoms with E-state index in [0.717, 1.165) is 4.88 Å². The second kappa shape index (κ2) is 4.96. The van der Waals surface area contributed by atoms with E-state index in [1.54, 1.807) is 21.8 Å². The Bertz CT molecular complexity index is 856. The lowest BCUT2D eigenvalue weighted by Gasteiger charge is -2.19. The Labute approximate surface area is 130 Å². The molecule has 0 aromatic carbocycles. The van der Waals surface area contributed by atoms with Gasteiger partial charge in [-0.15, -0.1) is 11.3 Å². The molecule has 0 aliphatic rings. The first kappa shape index (κ1) is 14.3. The van der Waals surface area contributed by atoms with E-state index in [1.165, 1.54) is 11.3 Å². The molecule has 0 saturated heterocycles. The van der Waals surface area contributed by atoms with Crippen molar-refractivity contribution in [3.63, 3.8) is 0 Å². The number of halogens is 1. The van der Waals surface area contributed by atoms with Crippen LogP contribution in [-0.4, -0.2) is 19.3 Å². The summed E-state index contributed by atoms with van der Waals surface area (Å²) in [5, 5.41) is 4.84. The molecule has 0 spiro atoms. The van der Waals surface area contributed by atoms with Crippen molar-refractivity contribution < 1.29 is 0 Å². The molecule has 0 amide bonds. The maximum atomic E-state index is 12.5. The molecule has 3 rings (SSSR count). The number of hydrogen-bond donors (Lipinski definition) is 0. The fourth-order valence-corrected chi connectivity index (χ4v) is 3.24. The van der Waals surface area contributed by atoms with Gasteiger partial charge in [-0.25, -0.2) is 9.67 Å². The monoisotopic (exact) mass is 322 g/mol. The van der Waals surface area contributed by atoms with Crippen LogP contribution in [0.15, 0.2) is 29.5 Å². The van der Waals surface area contributed by atoms with Crippen LogP contribution in [-0.2, 0) is 12.1 Å². The minimum Gasteiger partial charge on any atom is -0.293 e. The average Bonchev–Trinajstić information content (AvgIpc) is 2.98. The van der Waals surface area contributed by atoms with Crippen LogP contribution in [0.25, 0.3) is 11.0 Å². The molecule has 21 heavy (non-hydrogen) atoms. The van der Waals surface area contributed by atoms with Gasteiger partial charge in [0, 0.05) is 4.88 Å². The van der Waals surface area contributed by atoms with E-state index < -0.39 is 0 Å². The molecule has 3 aromatic rings. The molecular weight excluding hydrogens is 308 g/mol. The van der Waals surface area contributed by atoms with Gasteiger partial charge in [0.25, 0.3) is 5.56 Å². The van der Waals surface area contributed by atoms with Gasteiger partial charge < -0.3 is 0 Å². The highest BCUT2D eigenvalue weighted by Gasteiger charge is 2.19. The fourth-order valence-electron chi connectivity index (χ4n) is 2.16. The smallest absolute Gasteiger partial charge is 0.264 e. The number of nitrogens with zero attached hydrogens (tertiary/aromatic N) is 4. The molecule has 0 saturated carbocycles. The molecule has 7 heteroatoms. The van der Waals surface area contributed by atoms with E-state index in [9.17, 15) is 4.79 Å². The Kier molecular flexibility index (Phi) is 3.37. The molecule has 0 unspecified atom stereocenters. The summed E-state index contributed by atoms with van der Waals surface area (Å²) in [7, 11) is 0. The SMILES string of the molecule is CC(C)(C)n1ncc2c(=O)n(Cc3ccc(Cl)s3)cnc21. The second-order valence-corrected chi connectivity index (χ2v) is 7.65. The van der Waals surface area contributed by atoms with Crippen LogP contribution in [0.1, 0.15) is 25.6 Å². The third-order valence-electron chi connectivity index (χ3n) is 3.14. The van der Waals surface area contributed by atoms with Gasteiger partial charge in [-0.2, -0.15) is 5.10 Å². The minimum atomic E-state index is -0.214. The summed E-state index contributed by atoms with van der Waals surface area (Å²) in [6.07, 6.45) is 3.16. The van der Waals surface area contributed by atoms with Crippen molar-refractivity contribution in [3.05, 3.63) is 44.2 Å². The van der Waals surface area contributed by atoms with E-state index in [2.05, 4.69) is 10.1 Å². The lowest BCUT2D eigenvalue weighted by molar-refractivity contribution is 0.365. The van der Waals surface area contributed by atoms with Crippen LogP contribution in [0.2, 0.25) is 4.34 Å². The maximum absolute atomic E-state index is 12.5. The molecule has 110 valence electrons. The normalized spacial score (nSPS) is 12.2. The lowest BCUT2D eigenvalue weighted by atomic mass is 10.1. The molecule has 0 atom stereocenters. The Hall–Kier alpha value is -1.66. The molecule has 0 bridgehead atoms. The first-order valence-electron chi connectivity index (χ1n) is 6.54. The second-order valence-electron chi connectivity index (χ2n) is 5.85. The number of rotatable bonds is 2. The number of fused-ring (bicyclic) bond motifs is 1. The zero-order valence-electron chi connectivity index (χ0n) is 12.0. The third-order valence-corrected chi connectivity index (χ3v) is 4.36. The third kappa shape index (κ3) is 2.61. The Balaban J connectivity index is 2.07. The van der Waals surface area contributed by atoms with Crippen molar-refractivity contribution in [2.45, 2.75) is 32.9 Å². The molecule has 5 nitrogen and oxygen atoms in total. The average molecular weight is 323 g/mol. The van der Waals surface area contributed by atoms with Gasteiger partial charge in [0.05, 0.1) is 22.6 Å². The summed E-state index contributed by atoms with van der Waals surface area (Å²) in [5.41, 5.74) is 0.322. The van der Waals surface area contributed by atoms with Crippen molar-refractivity contribution in [2.24, 2.45) is 0 Å². The van der Waals surface area contributed by atoms with Gasteiger partial charge >= 0.3 is 0 Å². The van der Waals surface area contributed by atoms with Gasteiger partial charge in [0.1, 0.15) is 11.7 Å². The van der Waals surface area contributed by atoms with E-state index >= 15 is 0 Å². The van der Waals surface area contributed by atoms with Crippen molar-refractivity contribution >= 4 is 34.0 Å². The highest BCUT2D eigenvalue weighted by molar-refractivity contribution is 7.16. The lowest BCUT2D eigenvalue weighted by Crippen LogP contribution is -2.25. The Morgan fingerprint density at radius 2 is 2.10 bits per heavy atom. The van der Waals surface area contributed by atoms with Gasteiger partial charge in [-0.05, 0) is 32.9 Å². The molecule has 3 aromatic heterocycles. The van der Waals surface area contributed by atoms with Gasteiger partial charge in [0.15, 0.2) is 5.65 Å². The molecule has 3 heterocycles. The zero-order valence-corrected chi connectivity index (χ0v) is 13.6. The van der Waals surface area contributed by atoms with Gasteiger partial charge in [-0.3, -0.25) is 9.36 Å². The molecule has 0 aliphatic carbocycles. The molecule has 0 fully saturated rings. The molecule has 0 radical (unpaired) electrons.